The molecule has 0 aliphatic heterocycles. The Balaban J connectivity index is 2.50. The summed E-state index contributed by atoms with van der Waals surface area (Å²) >= 11 is 0. The van der Waals surface area contributed by atoms with E-state index in [0.29, 0.717) is 18.0 Å². The van der Waals surface area contributed by atoms with Gasteiger partial charge in [-0.2, -0.15) is 5.10 Å². The van der Waals surface area contributed by atoms with Gasteiger partial charge in [0.05, 0.1) is 5.69 Å². The largest absolute Gasteiger partial charge is 0.326 e. The van der Waals surface area contributed by atoms with Crippen LogP contribution in [0.4, 0.5) is 0 Å². The Morgan fingerprint density at radius 3 is 2.92 bits per heavy atom. The van der Waals surface area contributed by atoms with Crippen LogP contribution in [-0.4, -0.2) is 9.78 Å². The minimum Gasteiger partial charge on any atom is -0.326 e. The van der Waals surface area contributed by atoms with Crippen molar-refractivity contribution in [1.29, 1.82) is 0 Å². The Hall–Kier alpha value is -1.16. The highest BCUT2D eigenvalue weighted by Crippen LogP contribution is 2.38. The third-order valence-corrected chi connectivity index (χ3v) is 2.37. The van der Waals surface area contributed by atoms with E-state index in [1.54, 1.807) is 7.05 Å². The van der Waals surface area contributed by atoms with Gasteiger partial charge in [0, 0.05) is 25.1 Å². The van der Waals surface area contributed by atoms with Crippen LogP contribution in [0.15, 0.2) is 10.9 Å². The zero-order valence-electron chi connectivity index (χ0n) is 7.66. The molecule has 0 bridgehead atoms. The van der Waals surface area contributed by atoms with Gasteiger partial charge >= 0.3 is 0 Å². The Labute approximate surface area is 76.4 Å². The van der Waals surface area contributed by atoms with Crippen LogP contribution in [0.1, 0.15) is 30.0 Å². The first-order valence-corrected chi connectivity index (χ1v) is 4.49. The summed E-state index contributed by atoms with van der Waals surface area (Å²) in [4.78, 5) is 11.4. The van der Waals surface area contributed by atoms with Crippen molar-refractivity contribution in [2.24, 2.45) is 12.8 Å². The third kappa shape index (κ3) is 1.49. The summed E-state index contributed by atoms with van der Waals surface area (Å²) in [6.07, 6.45) is 2.38. The van der Waals surface area contributed by atoms with Crippen molar-refractivity contribution in [3.63, 3.8) is 0 Å². The van der Waals surface area contributed by atoms with E-state index in [1.807, 2.05) is 6.07 Å². The highest BCUT2D eigenvalue weighted by atomic mass is 16.1. The number of rotatable bonds is 2. The molecule has 0 unspecified atom stereocenters. The summed E-state index contributed by atoms with van der Waals surface area (Å²) in [7, 11) is 1.67. The standard InChI is InChI=1S/C9H13N3O/c1-12-9(13)7(5-10)4-8(11-12)6-2-3-6/h4,6H,2-3,5,10H2,1H3. The molecule has 2 rings (SSSR count). The lowest BCUT2D eigenvalue weighted by Crippen LogP contribution is -2.26. The van der Waals surface area contributed by atoms with Crippen molar-refractivity contribution < 1.29 is 0 Å². The Kier molecular flexibility index (Phi) is 1.92. The van der Waals surface area contributed by atoms with E-state index < -0.39 is 0 Å². The van der Waals surface area contributed by atoms with Crippen molar-refractivity contribution in [1.82, 2.24) is 9.78 Å². The summed E-state index contributed by atoms with van der Waals surface area (Å²) < 4.78 is 1.38. The molecule has 1 aromatic rings. The van der Waals surface area contributed by atoms with Gasteiger partial charge in [-0.25, -0.2) is 4.68 Å². The summed E-state index contributed by atoms with van der Waals surface area (Å²) in [5, 5.41) is 4.19. The number of aryl methyl sites for hydroxylation is 1. The molecule has 0 aromatic carbocycles. The molecule has 0 saturated heterocycles. The van der Waals surface area contributed by atoms with E-state index in [-0.39, 0.29) is 5.56 Å². The molecule has 4 heteroatoms. The van der Waals surface area contributed by atoms with Gasteiger partial charge in [-0.1, -0.05) is 0 Å². The normalized spacial score (nSPS) is 16.2. The predicted molar refractivity (Wildman–Crippen MR) is 49.3 cm³/mol. The van der Waals surface area contributed by atoms with Crippen LogP contribution in [-0.2, 0) is 13.6 Å². The summed E-state index contributed by atoms with van der Waals surface area (Å²) in [5.74, 6) is 0.567. The number of nitrogens with two attached hydrogens (primary N) is 1. The van der Waals surface area contributed by atoms with Crippen LogP contribution in [0.25, 0.3) is 0 Å². The van der Waals surface area contributed by atoms with Crippen LogP contribution in [0.5, 0.6) is 0 Å². The maximum Gasteiger partial charge on any atom is 0.270 e. The van der Waals surface area contributed by atoms with Gasteiger partial charge in [0.1, 0.15) is 0 Å². The van der Waals surface area contributed by atoms with Gasteiger partial charge in [-0.05, 0) is 18.9 Å². The molecule has 1 saturated carbocycles. The molecule has 1 fully saturated rings. The Morgan fingerprint density at radius 2 is 2.38 bits per heavy atom. The molecule has 1 aromatic heterocycles. The maximum atomic E-state index is 11.4. The van der Waals surface area contributed by atoms with Crippen molar-refractivity contribution >= 4 is 0 Å². The number of aromatic nitrogens is 2. The van der Waals surface area contributed by atoms with Crippen LogP contribution >= 0.6 is 0 Å². The van der Waals surface area contributed by atoms with Gasteiger partial charge in [0.2, 0.25) is 0 Å². The average molecular weight is 179 g/mol. The molecule has 0 atom stereocenters. The minimum atomic E-state index is -0.0769. The van der Waals surface area contributed by atoms with E-state index in [1.165, 1.54) is 17.5 Å². The zero-order valence-corrected chi connectivity index (χ0v) is 7.66. The molecular weight excluding hydrogens is 166 g/mol. The van der Waals surface area contributed by atoms with Crippen LogP contribution in [0.2, 0.25) is 0 Å². The third-order valence-electron chi connectivity index (χ3n) is 2.37. The zero-order chi connectivity index (χ0) is 9.42. The van der Waals surface area contributed by atoms with Crippen molar-refractivity contribution in [2.75, 3.05) is 0 Å². The van der Waals surface area contributed by atoms with Gasteiger partial charge < -0.3 is 5.73 Å². The number of nitrogens with zero attached hydrogens (tertiary/aromatic N) is 2. The SMILES string of the molecule is Cn1nc(C2CC2)cc(CN)c1=O. The lowest BCUT2D eigenvalue weighted by Gasteiger charge is -2.04. The molecule has 0 spiro atoms. The number of hydrogen-bond acceptors (Lipinski definition) is 3. The summed E-state index contributed by atoms with van der Waals surface area (Å²) in [6.45, 7) is 0.301. The Bertz CT molecular complexity index is 379. The van der Waals surface area contributed by atoms with Crippen LogP contribution < -0.4 is 11.3 Å². The van der Waals surface area contributed by atoms with Gasteiger partial charge in [-0.3, -0.25) is 4.79 Å². The first kappa shape index (κ1) is 8.44. The number of hydrogen-bond donors (Lipinski definition) is 1. The second kappa shape index (κ2) is 2.96. The Morgan fingerprint density at radius 1 is 1.69 bits per heavy atom. The molecule has 1 aliphatic carbocycles. The second-order valence-corrected chi connectivity index (χ2v) is 3.50. The molecule has 13 heavy (non-hydrogen) atoms. The maximum absolute atomic E-state index is 11.4. The molecule has 2 N–H and O–H groups in total. The summed E-state index contributed by atoms with van der Waals surface area (Å²) in [5.41, 5.74) is 7.07. The lowest BCUT2D eigenvalue weighted by molar-refractivity contribution is 0.665. The van der Waals surface area contributed by atoms with Crippen molar-refractivity contribution in [2.45, 2.75) is 25.3 Å². The lowest BCUT2D eigenvalue weighted by atomic mass is 10.2. The second-order valence-electron chi connectivity index (χ2n) is 3.50. The van der Waals surface area contributed by atoms with Gasteiger partial charge in [-0.15, -0.1) is 0 Å². The average Bonchev–Trinajstić information content (AvgIpc) is 2.92. The molecule has 0 amide bonds. The fourth-order valence-corrected chi connectivity index (χ4v) is 1.42. The predicted octanol–water partition coefficient (Wildman–Crippen LogP) is 0.116. The monoisotopic (exact) mass is 179 g/mol. The van der Waals surface area contributed by atoms with Gasteiger partial charge in [0.15, 0.2) is 0 Å². The topological polar surface area (TPSA) is 60.9 Å². The van der Waals surface area contributed by atoms with Gasteiger partial charge in [0.25, 0.3) is 5.56 Å². The van der Waals surface area contributed by atoms with Crippen LogP contribution in [0.3, 0.4) is 0 Å². The molecule has 0 radical (unpaired) electrons. The van der Waals surface area contributed by atoms with E-state index in [2.05, 4.69) is 5.10 Å². The highest BCUT2D eigenvalue weighted by Gasteiger charge is 2.26. The fraction of sp³-hybridized carbons (Fsp3) is 0.556. The minimum absolute atomic E-state index is 0.0769. The molecular formula is C9H13N3O. The van der Waals surface area contributed by atoms with E-state index in [4.69, 9.17) is 5.73 Å². The first-order chi connectivity index (χ1) is 6.22. The molecule has 70 valence electrons. The summed E-state index contributed by atoms with van der Waals surface area (Å²) in [6, 6.07) is 1.85. The molecule has 1 aliphatic rings. The quantitative estimate of drug-likeness (QED) is 0.701. The highest BCUT2D eigenvalue weighted by molar-refractivity contribution is 5.19. The van der Waals surface area contributed by atoms with E-state index >= 15 is 0 Å². The smallest absolute Gasteiger partial charge is 0.270 e. The van der Waals surface area contributed by atoms with E-state index in [0.717, 1.165) is 5.69 Å². The van der Waals surface area contributed by atoms with E-state index in [9.17, 15) is 4.79 Å². The van der Waals surface area contributed by atoms with Crippen LogP contribution in [0, 0.1) is 0 Å². The molecule has 1 heterocycles. The first-order valence-electron chi connectivity index (χ1n) is 4.49. The van der Waals surface area contributed by atoms with Crippen molar-refractivity contribution in [3.05, 3.63) is 27.7 Å². The molecule has 4 nitrogen and oxygen atoms in total. The van der Waals surface area contributed by atoms with Crippen molar-refractivity contribution in [3.8, 4) is 0 Å². The fourth-order valence-electron chi connectivity index (χ4n) is 1.42.